The second-order valence-corrected chi connectivity index (χ2v) is 8.45. The van der Waals surface area contributed by atoms with Crippen LogP contribution < -0.4 is 10.6 Å². The van der Waals surface area contributed by atoms with Crippen molar-refractivity contribution in [3.63, 3.8) is 0 Å². The maximum absolute atomic E-state index is 12.4. The fourth-order valence-corrected chi connectivity index (χ4v) is 3.69. The van der Waals surface area contributed by atoms with Gasteiger partial charge in [-0.2, -0.15) is 0 Å². The topological polar surface area (TPSA) is 96.3 Å². The minimum atomic E-state index is -3.24. The minimum Gasteiger partial charge on any atom is -0.337 e. The predicted molar refractivity (Wildman–Crippen MR) is 98.6 cm³/mol. The highest BCUT2D eigenvalue weighted by molar-refractivity contribution is 7.90. The minimum absolute atomic E-state index is 0.0297. The monoisotopic (exact) mass is 377 g/mol. The van der Waals surface area contributed by atoms with E-state index in [-0.39, 0.29) is 23.4 Å². The van der Waals surface area contributed by atoms with E-state index in [0.29, 0.717) is 5.69 Å². The molecule has 1 saturated heterocycles. The van der Waals surface area contributed by atoms with E-state index in [9.17, 15) is 13.2 Å². The van der Waals surface area contributed by atoms with Gasteiger partial charge in [-0.05, 0) is 24.3 Å². The van der Waals surface area contributed by atoms with E-state index in [2.05, 4.69) is 20.5 Å². The highest BCUT2D eigenvalue weighted by atomic mass is 32.2. The Morgan fingerprint density at radius 3 is 2.69 bits per heavy atom. The lowest BCUT2D eigenvalue weighted by Gasteiger charge is -2.35. The normalized spacial score (nSPS) is 18.6. The van der Waals surface area contributed by atoms with Gasteiger partial charge in [0.05, 0.1) is 17.5 Å². The number of aryl methyl sites for hydroxylation is 1. The number of imidazole rings is 1. The van der Waals surface area contributed by atoms with Crippen LogP contribution in [0.5, 0.6) is 0 Å². The molecule has 0 spiro atoms. The van der Waals surface area contributed by atoms with Crippen molar-refractivity contribution in [3.8, 4) is 0 Å². The summed E-state index contributed by atoms with van der Waals surface area (Å²) in [6, 6.07) is 6.21. The lowest BCUT2D eigenvalue weighted by atomic mass is 10.1. The van der Waals surface area contributed by atoms with Crippen LogP contribution in [0.2, 0.25) is 0 Å². The number of rotatable bonds is 5. The third-order valence-electron chi connectivity index (χ3n) is 4.42. The van der Waals surface area contributed by atoms with Crippen LogP contribution in [-0.2, 0) is 21.7 Å². The van der Waals surface area contributed by atoms with Gasteiger partial charge in [0.2, 0.25) is 5.91 Å². The quantitative estimate of drug-likeness (QED) is 0.783. The lowest BCUT2D eigenvalue weighted by molar-refractivity contribution is -0.118. The molecule has 0 aliphatic carbocycles. The first-order chi connectivity index (χ1) is 12.3. The summed E-state index contributed by atoms with van der Waals surface area (Å²) >= 11 is 0. The molecule has 1 amide bonds. The molecule has 1 unspecified atom stereocenters. The van der Waals surface area contributed by atoms with Crippen LogP contribution in [-0.4, -0.2) is 61.2 Å². The van der Waals surface area contributed by atoms with Crippen molar-refractivity contribution in [2.75, 3.05) is 37.8 Å². The number of nitrogens with one attached hydrogen (secondary N) is 2. The molecule has 1 fully saturated rings. The molecule has 2 heterocycles. The van der Waals surface area contributed by atoms with Crippen molar-refractivity contribution >= 4 is 21.4 Å². The van der Waals surface area contributed by atoms with Gasteiger partial charge in [0.1, 0.15) is 5.82 Å². The number of carbonyl (C=O) groups is 1. The van der Waals surface area contributed by atoms with Gasteiger partial charge < -0.3 is 15.2 Å². The maximum Gasteiger partial charge on any atom is 0.238 e. The van der Waals surface area contributed by atoms with Crippen molar-refractivity contribution < 1.29 is 13.2 Å². The fraction of sp³-hybridized carbons (Fsp3) is 0.412. The summed E-state index contributed by atoms with van der Waals surface area (Å²) in [6.45, 7) is 2.55. The van der Waals surface area contributed by atoms with Crippen molar-refractivity contribution in [1.29, 1.82) is 0 Å². The zero-order chi connectivity index (χ0) is 18.7. The zero-order valence-corrected chi connectivity index (χ0v) is 15.7. The number of hydrogen-bond donors (Lipinski definition) is 2. The maximum atomic E-state index is 12.4. The Labute approximate surface area is 153 Å². The molecule has 3 rings (SSSR count). The van der Waals surface area contributed by atoms with Gasteiger partial charge in [-0.3, -0.25) is 9.69 Å². The summed E-state index contributed by atoms with van der Waals surface area (Å²) < 4.78 is 25.0. The molecule has 26 heavy (non-hydrogen) atoms. The van der Waals surface area contributed by atoms with Crippen LogP contribution >= 0.6 is 0 Å². The summed E-state index contributed by atoms with van der Waals surface area (Å²) in [4.78, 5) is 19.2. The third-order valence-corrected chi connectivity index (χ3v) is 5.55. The molecule has 0 saturated carbocycles. The molecular formula is C17H23N5O3S. The summed E-state index contributed by atoms with van der Waals surface area (Å²) in [5, 5.41) is 6.17. The summed E-state index contributed by atoms with van der Waals surface area (Å²) in [7, 11) is -1.30. The van der Waals surface area contributed by atoms with Crippen LogP contribution in [0.3, 0.4) is 0 Å². The van der Waals surface area contributed by atoms with E-state index in [1.54, 1.807) is 18.3 Å². The molecule has 1 aliphatic rings. The Hall–Kier alpha value is -2.23. The molecular weight excluding hydrogens is 354 g/mol. The Morgan fingerprint density at radius 2 is 2.08 bits per heavy atom. The van der Waals surface area contributed by atoms with E-state index in [0.717, 1.165) is 31.7 Å². The van der Waals surface area contributed by atoms with Crippen molar-refractivity contribution in [3.05, 3.63) is 42.5 Å². The van der Waals surface area contributed by atoms with Crippen LogP contribution in [0.4, 0.5) is 5.69 Å². The first-order valence-corrected chi connectivity index (χ1v) is 10.3. The molecule has 140 valence electrons. The van der Waals surface area contributed by atoms with Crippen molar-refractivity contribution in [2.45, 2.75) is 10.9 Å². The van der Waals surface area contributed by atoms with Gasteiger partial charge in [0.15, 0.2) is 9.84 Å². The van der Waals surface area contributed by atoms with E-state index < -0.39 is 9.84 Å². The van der Waals surface area contributed by atoms with Crippen LogP contribution in [0.15, 0.2) is 41.6 Å². The number of aromatic nitrogens is 2. The second-order valence-electron chi connectivity index (χ2n) is 6.43. The first-order valence-electron chi connectivity index (χ1n) is 8.36. The number of piperazine rings is 1. The average Bonchev–Trinajstić information content (AvgIpc) is 3.01. The standard InChI is InChI=1S/C17H23N5O3S/c1-21-9-8-19-17(21)15-11-18-7-10-22(15)12-16(23)20-13-3-5-14(6-4-13)26(2,24)25/h3-6,8-9,15,18H,7,10-12H2,1-2H3,(H,20,23). The second kappa shape index (κ2) is 7.56. The Kier molecular flexibility index (Phi) is 5.40. The molecule has 2 aromatic rings. The van der Waals surface area contributed by atoms with E-state index in [4.69, 9.17) is 0 Å². The van der Waals surface area contributed by atoms with Crippen molar-refractivity contribution in [2.24, 2.45) is 7.05 Å². The van der Waals surface area contributed by atoms with E-state index in [1.165, 1.54) is 12.1 Å². The average molecular weight is 377 g/mol. The molecule has 9 heteroatoms. The Bertz CT molecular complexity index is 876. The van der Waals surface area contributed by atoms with Gasteiger partial charge in [-0.25, -0.2) is 13.4 Å². The van der Waals surface area contributed by atoms with E-state index in [1.807, 2.05) is 17.8 Å². The van der Waals surface area contributed by atoms with Crippen LogP contribution in [0.25, 0.3) is 0 Å². The smallest absolute Gasteiger partial charge is 0.238 e. The molecule has 0 radical (unpaired) electrons. The fourth-order valence-electron chi connectivity index (χ4n) is 3.06. The Balaban J connectivity index is 1.65. The highest BCUT2D eigenvalue weighted by Gasteiger charge is 2.28. The third kappa shape index (κ3) is 4.29. The number of benzene rings is 1. The zero-order valence-electron chi connectivity index (χ0n) is 14.8. The molecule has 0 bridgehead atoms. The molecule has 1 aromatic carbocycles. The van der Waals surface area contributed by atoms with Gasteiger partial charge in [-0.15, -0.1) is 0 Å². The lowest BCUT2D eigenvalue weighted by Crippen LogP contribution is -2.49. The molecule has 1 aromatic heterocycles. The first kappa shape index (κ1) is 18.6. The van der Waals surface area contributed by atoms with Gasteiger partial charge in [0.25, 0.3) is 0 Å². The van der Waals surface area contributed by atoms with Gasteiger partial charge in [0, 0.05) is 51.0 Å². The number of sulfone groups is 1. The number of anilines is 1. The molecule has 2 N–H and O–H groups in total. The summed E-state index contributed by atoms with van der Waals surface area (Å²) in [5.74, 6) is 0.778. The largest absolute Gasteiger partial charge is 0.337 e. The number of carbonyl (C=O) groups excluding carboxylic acids is 1. The SMILES string of the molecule is Cn1ccnc1C1CNCCN1CC(=O)Nc1ccc(S(C)(=O)=O)cc1. The highest BCUT2D eigenvalue weighted by Crippen LogP contribution is 2.20. The van der Waals surface area contributed by atoms with Gasteiger partial charge >= 0.3 is 0 Å². The van der Waals surface area contributed by atoms with Crippen LogP contribution in [0, 0.1) is 0 Å². The number of hydrogen-bond acceptors (Lipinski definition) is 6. The molecule has 1 atom stereocenters. The van der Waals surface area contributed by atoms with Crippen LogP contribution in [0.1, 0.15) is 11.9 Å². The molecule has 1 aliphatic heterocycles. The molecule has 8 nitrogen and oxygen atoms in total. The van der Waals surface area contributed by atoms with E-state index >= 15 is 0 Å². The number of amides is 1. The Morgan fingerprint density at radius 1 is 1.35 bits per heavy atom. The summed E-state index contributed by atoms with van der Waals surface area (Å²) in [6.07, 6.45) is 4.81. The number of nitrogens with zero attached hydrogens (tertiary/aromatic N) is 3. The summed E-state index contributed by atoms with van der Waals surface area (Å²) in [5.41, 5.74) is 0.575. The van der Waals surface area contributed by atoms with Gasteiger partial charge in [-0.1, -0.05) is 0 Å². The van der Waals surface area contributed by atoms with Crippen molar-refractivity contribution in [1.82, 2.24) is 19.8 Å². The predicted octanol–water partition coefficient (Wildman–Crippen LogP) is 0.409.